The average Bonchev–Trinajstić information content (AvgIpc) is 2.71. The van der Waals surface area contributed by atoms with Crippen LogP contribution >= 0.6 is 0 Å². The van der Waals surface area contributed by atoms with Crippen LogP contribution < -0.4 is 24.8 Å². The summed E-state index contributed by atoms with van der Waals surface area (Å²) in [6.07, 6.45) is 3.18. The number of aliphatic imine (C=N–C) groups is 1. The third-order valence-electron chi connectivity index (χ3n) is 3.99. The first kappa shape index (κ1) is 22.4. The SMILES string of the molecule is CN=C(NCCCCCC(=O)OC)NCc1cc(OC)c(OC)c(OC)c1. The van der Waals surface area contributed by atoms with E-state index in [0.717, 1.165) is 31.4 Å². The Labute approximate surface area is 161 Å². The molecule has 0 aliphatic heterocycles. The van der Waals surface area contributed by atoms with Gasteiger partial charge in [-0.3, -0.25) is 9.79 Å². The molecule has 0 amide bonds. The minimum atomic E-state index is -0.161. The summed E-state index contributed by atoms with van der Waals surface area (Å²) in [5.41, 5.74) is 0.977. The zero-order valence-electron chi connectivity index (χ0n) is 16.9. The molecule has 8 nitrogen and oxygen atoms in total. The summed E-state index contributed by atoms with van der Waals surface area (Å²) in [7, 11) is 7.90. The van der Waals surface area contributed by atoms with Crippen molar-refractivity contribution in [3.63, 3.8) is 0 Å². The van der Waals surface area contributed by atoms with Crippen molar-refractivity contribution < 1.29 is 23.7 Å². The van der Waals surface area contributed by atoms with Gasteiger partial charge in [0.15, 0.2) is 17.5 Å². The summed E-state index contributed by atoms with van der Waals surface area (Å²) in [5.74, 6) is 2.34. The van der Waals surface area contributed by atoms with Crippen LogP contribution in [0.15, 0.2) is 17.1 Å². The van der Waals surface area contributed by atoms with E-state index in [0.29, 0.717) is 36.2 Å². The van der Waals surface area contributed by atoms with Gasteiger partial charge in [-0.1, -0.05) is 6.42 Å². The Morgan fingerprint density at radius 2 is 1.63 bits per heavy atom. The minimum Gasteiger partial charge on any atom is -0.493 e. The number of carbonyl (C=O) groups excluding carboxylic acids is 1. The monoisotopic (exact) mass is 381 g/mol. The smallest absolute Gasteiger partial charge is 0.305 e. The average molecular weight is 381 g/mol. The first-order valence-electron chi connectivity index (χ1n) is 8.89. The second-order valence-corrected chi connectivity index (χ2v) is 5.77. The predicted octanol–water partition coefficient (Wildman–Crippen LogP) is 2.11. The molecule has 0 aliphatic rings. The molecule has 0 unspecified atom stereocenters. The van der Waals surface area contributed by atoms with Gasteiger partial charge < -0.3 is 29.6 Å². The van der Waals surface area contributed by atoms with Gasteiger partial charge in [0.25, 0.3) is 0 Å². The molecule has 0 aromatic heterocycles. The van der Waals surface area contributed by atoms with Crippen LogP contribution in [0.5, 0.6) is 17.2 Å². The Bertz CT molecular complexity index is 594. The van der Waals surface area contributed by atoms with Crippen LogP contribution in [0, 0.1) is 0 Å². The standard InChI is InChI=1S/C19H31N3O5/c1-20-19(21-10-8-6-7-9-17(23)26-4)22-13-14-11-15(24-2)18(27-5)16(12-14)25-3/h11-12H,6-10,13H2,1-5H3,(H2,20,21,22). The number of methoxy groups -OCH3 is 4. The van der Waals surface area contributed by atoms with Crippen molar-refractivity contribution in [3.05, 3.63) is 17.7 Å². The zero-order chi connectivity index (χ0) is 20.1. The summed E-state index contributed by atoms with van der Waals surface area (Å²) in [5, 5.41) is 6.51. The lowest BCUT2D eigenvalue weighted by Gasteiger charge is -2.16. The molecule has 0 saturated heterocycles. The van der Waals surface area contributed by atoms with Crippen LogP contribution in [0.1, 0.15) is 31.2 Å². The summed E-state index contributed by atoms with van der Waals surface area (Å²) in [4.78, 5) is 15.3. The van der Waals surface area contributed by atoms with E-state index in [1.807, 2.05) is 12.1 Å². The van der Waals surface area contributed by atoms with Crippen molar-refractivity contribution in [2.24, 2.45) is 4.99 Å². The third-order valence-corrected chi connectivity index (χ3v) is 3.99. The van der Waals surface area contributed by atoms with E-state index in [1.165, 1.54) is 7.11 Å². The zero-order valence-corrected chi connectivity index (χ0v) is 16.9. The number of hydrogen-bond donors (Lipinski definition) is 2. The Kier molecular flexibility index (Phi) is 10.5. The molecule has 0 spiro atoms. The molecule has 1 rings (SSSR count). The maximum Gasteiger partial charge on any atom is 0.305 e. The Morgan fingerprint density at radius 1 is 0.963 bits per heavy atom. The Morgan fingerprint density at radius 3 is 2.15 bits per heavy atom. The van der Waals surface area contributed by atoms with E-state index in [4.69, 9.17) is 14.2 Å². The van der Waals surface area contributed by atoms with Gasteiger partial charge in [0, 0.05) is 26.6 Å². The molecular formula is C19H31N3O5. The molecule has 0 fully saturated rings. The van der Waals surface area contributed by atoms with Gasteiger partial charge in [0.05, 0.1) is 28.4 Å². The van der Waals surface area contributed by atoms with Crippen molar-refractivity contribution in [1.82, 2.24) is 10.6 Å². The van der Waals surface area contributed by atoms with E-state index in [1.54, 1.807) is 28.4 Å². The van der Waals surface area contributed by atoms with Crippen LogP contribution in [0.2, 0.25) is 0 Å². The summed E-state index contributed by atoms with van der Waals surface area (Å²) >= 11 is 0. The molecule has 1 aromatic carbocycles. The van der Waals surface area contributed by atoms with E-state index >= 15 is 0 Å². The molecule has 0 bridgehead atoms. The Hall–Kier alpha value is -2.64. The molecule has 8 heteroatoms. The normalized spacial score (nSPS) is 10.9. The molecular weight excluding hydrogens is 350 g/mol. The molecule has 152 valence electrons. The molecule has 0 atom stereocenters. The van der Waals surface area contributed by atoms with E-state index in [9.17, 15) is 4.79 Å². The maximum absolute atomic E-state index is 11.1. The highest BCUT2D eigenvalue weighted by molar-refractivity contribution is 5.79. The first-order valence-corrected chi connectivity index (χ1v) is 8.89. The number of nitrogens with zero attached hydrogens (tertiary/aromatic N) is 1. The number of rotatable bonds is 11. The van der Waals surface area contributed by atoms with Gasteiger partial charge in [-0.25, -0.2) is 0 Å². The van der Waals surface area contributed by atoms with Crippen molar-refractivity contribution in [3.8, 4) is 17.2 Å². The van der Waals surface area contributed by atoms with Gasteiger partial charge in [-0.05, 0) is 30.5 Å². The van der Waals surface area contributed by atoms with Crippen molar-refractivity contribution >= 4 is 11.9 Å². The maximum atomic E-state index is 11.1. The molecule has 0 radical (unpaired) electrons. The molecule has 1 aromatic rings. The predicted molar refractivity (Wildman–Crippen MR) is 105 cm³/mol. The highest BCUT2D eigenvalue weighted by atomic mass is 16.5. The second-order valence-electron chi connectivity index (χ2n) is 5.77. The number of benzene rings is 1. The van der Waals surface area contributed by atoms with Crippen molar-refractivity contribution in [1.29, 1.82) is 0 Å². The fraction of sp³-hybridized carbons (Fsp3) is 0.579. The van der Waals surface area contributed by atoms with Gasteiger partial charge in [-0.15, -0.1) is 0 Å². The number of nitrogens with one attached hydrogen (secondary N) is 2. The minimum absolute atomic E-state index is 0.161. The highest BCUT2D eigenvalue weighted by Crippen LogP contribution is 2.38. The van der Waals surface area contributed by atoms with Crippen LogP contribution in [0.4, 0.5) is 0 Å². The lowest BCUT2D eigenvalue weighted by Crippen LogP contribution is -2.37. The molecule has 2 N–H and O–H groups in total. The fourth-order valence-corrected chi connectivity index (χ4v) is 2.52. The van der Waals surface area contributed by atoms with Gasteiger partial charge in [-0.2, -0.15) is 0 Å². The Balaban J connectivity index is 2.47. The third kappa shape index (κ3) is 7.64. The lowest BCUT2D eigenvalue weighted by atomic mass is 10.2. The molecule has 0 saturated carbocycles. The largest absolute Gasteiger partial charge is 0.493 e. The van der Waals surface area contributed by atoms with Crippen molar-refractivity contribution in [2.75, 3.05) is 42.0 Å². The molecule has 27 heavy (non-hydrogen) atoms. The van der Waals surface area contributed by atoms with Crippen LogP contribution in [0.3, 0.4) is 0 Å². The lowest BCUT2D eigenvalue weighted by molar-refractivity contribution is -0.140. The van der Waals surface area contributed by atoms with Crippen LogP contribution in [-0.2, 0) is 16.1 Å². The second kappa shape index (κ2) is 12.7. The number of guanidine groups is 1. The van der Waals surface area contributed by atoms with Crippen molar-refractivity contribution in [2.45, 2.75) is 32.2 Å². The number of hydrogen-bond acceptors (Lipinski definition) is 6. The quantitative estimate of drug-likeness (QED) is 0.263. The fourth-order valence-electron chi connectivity index (χ4n) is 2.52. The van der Waals surface area contributed by atoms with E-state index < -0.39 is 0 Å². The van der Waals surface area contributed by atoms with E-state index in [-0.39, 0.29) is 5.97 Å². The number of carbonyl (C=O) groups is 1. The topological polar surface area (TPSA) is 90.4 Å². The number of ether oxygens (including phenoxy) is 4. The van der Waals surface area contributed by atoms with Gasteiger partial charge in [0.1, 0.15) is 0 Å². The highest BCUT2D eigenvalue weighted by Gasteiger charge is 2.13. The first-order chi connectivity index (χ1) is 13.1. The summed E-state index contributed by atoms with van der Waals surface area (Å²) in [6, 6.07) is 3.79. The molecule has 0 aliphatic carbocycles. The summed E-state index contributed by atoms with van der Waals surface area (Å²) in [6.45, 7) is 1.33. The van der Waals surface area contributed by atoms with E-state index in [2.05, 4.69) is 20.4 Å². The van der Waals surface area contributed by atoms with Crippen LogP contribution in [0.25, 0.3) is 0 Å². The van der Waals surface area contributed by atoms with Crippen LogP contribution in [-0.4, -0.2) is 54.0 Å². The number of esters is 1. The molecule has 0 heterocycles. The number of unbranched alkanes of at least 4 members (excludes halogenated alkanes) is 2. The van der Waals surface area contributed by atoms with Gasteiger partial charge in [0.2, 0.25) is 5.75 Å². The van der Waals surface area contributed by atoms with Gasteiger partial charge >= 0.3 is 5.97 Å². The summed E-state index contributed by atoms with van der Waals surface area (Å²) < 4.78 is 20.7.